The highest BCUT2D eigenvalue weighted by molar-refractivity contribution is 6.31. The molecule has 0 bridgehead atoms. The highest BCUT2D eigenvalue weighted by Crippen LogP contribution is 2.20. The van der Waals surface area contributed by atoms with Crippen LogP contribution in [0.4, 0.5) is 16.3 Å². The quantitative estimate of drug-likeness (QED) is 0.772. The van der Waals surface area contributed by atoms with Crippen LogP contribution >= 0.6 is 11.6 Å². The minimum absolute atomic E-state index is 0.374. The van der Waals surface area contributed by atoms with Gasteiger partial charge in [-0.25, -0.2) is 19.7 Å². The Hall–Kier alpha value is -2.93. The molecule has 0 atom stereocenters. The third kappa shape index (κ3) is 3.64. The number of hydrogen-bond donors (Lipinski definition) is 2. The first-order chi connectivity index (χ1) is 11.1. The van der Waals surface area contributed by atoms with E-state index in [0.717, 1.165) is 5.56 Å². The molecule has 0 fully saturated rings. The summed E-state index contributed by atoms with van der Waals surface area (Å²) in [5.41, 5.74) is 1.54. The van der Waals surface area contributed by atoms with E-state index in [1.54, 1.807) is 41.5 Å². The van der Waals surface area contributed by atoms with Gasteiger partial charge in [0.05, 0.1) is 0 Å². The Kier molecular flexibility index (Phi) is 4.20. The van der Waals surface area contributed by atoms with Gasteiger partial charge in [0, 0.05) is 29.2 Å². The van der Waals surface area contributed by atoms with Crippen molar-refractivity contribution in [1.82, 2.24) is 19.5 Å². The average molecular weight is 329 g/mol. The number of aromatic nitrogens is 4. The highest BCUT2D eigenvalue weighted by Gasteiger charge is 2.07. The molecule has 0 spiro atoms. The van der Waals surface area contributed by atoms with Gasteiger partial charge in [0.2, 0.25) is 0 Å². The molecule has 2 N–H and O–H groups in total. The topological polar surface area (TPSA) is 84.7 Å². The van der Waals surface area contributed by atoms with Crippen molar-refractivity contribution in [3.63, 3.8) is 0 Å². The van der Waals surface area contributed by atoms with Gasteiger partial charge in [0.15, 0.2) is 0 Å². The molecule has 0 saturated carbocycles. The summed E-state index contributed by atoms with van der Waals surface area (Å²) < 4.78 is 1.71. The van der Waals surface area contributed by atoms with E-state index in [1.807, 2.05) is 13.0 Å². The molecule has 0 aliphatic heterocycles. The number of aryl methyl sites for hydroxylation is 1. The average Bonchev–Trinajstić information content (AvgIpc) is 3.05. The summed E-state index contributed by atoms with van der Waals surface area (Å²) in [6.07, 6.45) is 6.37. The fraction of sp³-hybridized carbons (Fsp3) is 0.0667. The third-order valence-corrected chi connectivity index (χ3v) is 3.50. The third-order valence-electron chi connectivity index (χ3n) is 3.09. The molecule has 8 heteroatoms. The molecule has 3 aromatic rings. The smallest absolute Gasteiger partial charge is 0.308 e. The van der Waals surface area contributed by atoms with Gasteiger partial charge in [0.25, 0.3) is 0 Å². The van der Waals surface area contributed by atoms with Gasteiger partial charge in [-0.15, -0.1) is 0 Å². The monoisotopic (exact) mass is 328 g/mol. The van der Waals surface area contributed by atoms with Gasteiger partial charge in [-0.1, -0.05) is 17.7 Å². The van der Waals surface area contributed by atoms with E-state index in [9.17, 15) is 4.79 Å². The largest absolute Gasteiger partial charge is 0.324 e. The van der Waals surface area contributed by atoms with Crippen molar-refractivity contribution in [2.75, 3.05) is 10.6 Å². The van der Waals surface area contributed by atoms with Crippen LogP contribution in [0.25, 0.3) is 5.82 Å². The molecule has 3 rings (SSSR count). The molecule has 2 heterocycles. The fourth-order valence-electron chi connectivity index (χ4n) is 1.90. The maximum Gasteiger partial charge on any atom is 0.324 e. The van der Waals surface area contributed by atoms with Crippen molar-refractivity contribution in [2.45, 2.75) is 6.92 Å². The Labute approximate surface area is 137 Å². The number of carbonyl (C=O) groups excluding carboxylic acids is 1. The molecule has 0 radical (unpaired) electrons. The van der Waals surface area contributed by atoms with Crippen molar-refractivity contribution in [3.8, 4) is 5.82 Å². The second-order valence-electron chi connectivity index (χ2n) is 4.77. The lowest BCUT2D eigenvalue weighted by Gasteiger charge is -2.09. The maximum atomic E-state index is 12.0. The van der Waals surface area contributed by atoms with Crippen LogP contribution in [0.1, 0.15) is 5.56 Å². The first-order valence-electron chi connectivity index (χ1n) is 6.76. The Morgan fingerprint density at radius 3 is 2.83 bits per heavy atom. The number of anilines is 2. The molecule has 0 unspecified atom stereocenters. The van der Waals surface area contributed by atoms with E-state index in [-0.39, 0.29) is 0 Å². The van der Waals surface area contributed by atoms with E-state index in [0.29, 0.717) is 22.3 Å². The number of benzene rings is 1. The van der Waals surface area contributed by atoms with Crippen LogP contribution in [0.5, 0.6) is 0 Å². The Morgan fingerprint density at radius 2 is 2.09 bits per heavy atom. The van der Waals surface area contributed by atoms with Crippen LogP contribution in [0, 0.1) is 6.92 Å². The summed E-state index contributed by atoms with van der Waals surface area (Å²) in [6, 6.07) is 6.52. The van der Waals surface area contributed by atoms with Gasteiger partial charge >= 0.3 is 6.03 Å². The van der Waals surface area contributed by atoms with E-state index in [4.69, 9.17) is 11.6 Å². The van der Waals surface area contributed by atoms with Crippen LogP contribution in [0.15, 0.2) is 49.3 Å². The molecular weight excluding hydrogens is 316 g/mol. The van der Waals surface area contributed by atoms with Crippen LogP contribution < -0.4 is 10.6 Å². The van der Waals surface area contributed by atoms with Crippen LogP contribution in [0.2, 0.25) is 5.02 Å². The zero-order valence-corrected chi connectivity index (χ0v) is 12.9. The standard InChI is InChI=1S/C15H13ClN6O/c1-10-2-3-11(6-12(10)16)20-15(23)21-13-7-14(19-8-18-13)22-5-4-17-9-22/h2-9H,1H3,(H2,18,19,20,21,23). The van der Waals surface area contributed by atoms with Crippen molar-refractivity contribution in [3.05, 3.63) is 59.9 Å². The number of urea groups is 1. The highest BCUT2D eigenvalue weighted by atomic mass is 35.5. The van der Waals surface area contributed by atoms with Gasteiger partial charge < -0.3 is 5.32 Å². The predicted octanol–water partition coefficient (Wildman–Crippen LogP) is 3.27. The number of carbonyl (C=O) groups is 1. The second kappa shape index (κ2) is 6.45. The van der Waals surface area contributed by atoms with Crippen LogP contribution in [0.3, 0.4) is 0 Å². The van der Waals surface area contributed by atoms with Crippen molar-refractivity contribution >= 4 is 29.1 Å². The minimum atomic E-state index is -0.416. The molecule has 0 aliphatic carbocycles. The molecular formula is C15H13ClN6O. The second-order valence-corrected chi connectivity index (χ2v) is 5.18. The summed E-state index contributed by atoms with van der Waals surface area (Å²) in [5.74, 6) is 0.977. The van der Waals surface area contributed by atoms with E-state index < -0.39 is 6.03 Å². The van der Waals surface area contributed by atoms with Crippen molar-refractivity contribution < 1.29 is 4.79 Å². The SMILES string of the molecule is Cc1ccc(NC(=O)Nc2cc(-n3ccnc3)ncn2)cc1Cl. The number of halogens is 1. The maximum absolute atomic E-state index is 12.0. The number of nitrogens with one attached hydrogen (secondary N) is 2. The Bertz CT molecular complexity index is 834. The fourth-order valence-corrected chi connectivity index (χ4v) is 2.08. The first-order valence-corrected chi connectivity index (χ1v) is 7.14. The lowest BCUT2D eigenvalue weighted by molar-refractivity contribution is 0.262. The summed E-state index contributed by atoms with van der Waals surface area (Å²) in [5, 5.41) is 5.94. The molecule has 1 aromatic carbocycles. The summed E-state index contributed by atoms with van der Waals surface area (Å²) in [6.45, 7) is 1.89. The molecule has 7 nitrogen and oxygen atoms in total. The van der Waals surface area contributed by atoms with E-state index in [2.05, 4.69) is 25.6 Å². The molecule has 23 heavy (non-hydrogen) atoms. The lowest BCUT2D eigenvalue weighted by atomic mass is 10.2. The number of imidazole rings is 1. The normalized spacial score (nSPS) is 10.3. The Balaban J connectivity index is 1.70. The van der Waals surface area contributed by atoms with Gasteiger partial charge in [-0.2, -0.15) is 0 Å². The zero-order chi connectivity index (χ0) is 16.2. The van der Waals surface area contributed by atoms with Gasteiger partial charge in [0.1, 0.15) is 24.3 Å². The molecule has 0 saturated heterocycles. The number of hydrogen-bond acceptors (Lipinski definition) is 4. The summed E-state index contributed by atoms with van der Waals surface area (Å²) in [7, 11) is 0. The van der Waals surface area contributed by atoms with Gasteiger partial charge in [-0.3, -0.25) is 9.88 Å². The van der Waals surface area contributed by atoms with E-state index in [1.165, 1.54) is 6.33 Å². The van der Waals surface area contributed by atoms with Crippen LogP contribution in [-0.4, -0.2) is 25.6 Å². The molecule has 116 valence electrons. The summed E-state index contributed by atoms with van der Waals surface area (Å²) >= 11 is 6.03. The first kappa shape index (κ1) is 15.0. The zero-order valence-electron chi connectivity index (χ0n) is 12.2. The molecule has 2 amide bonds. The van der Waals surface area contributed by atoms with Gasteiger partial charge in [-0.05, 0) is 24.6 Å². The lowest BCUT2D eigenvalue weighted by Crippen LogP contribution is -2.20. The number of amides is 2. The van der Waals surface area contributed by atoms with E-state index >= 15 is 0 Å². The van der Waals surface area contributed by atoms with Crippen molar-refractivity contribution in [2.24, 2.45) is 0 Å². The Morgan fingerprint density at radius 1 is 1.22 bits per heavy atom. The predicted molar refractivity (Wildman–Crippen MR) is 88.0 cm³/mol. The number of nitrogens with zero attached hydrogens (tertiary/aromatic N) is 4. The molecule has 2 aromatic heterocycles. The van der Waals surface area contributed by atoms with Crippen molar-refractivity contribution in [1.29, 1.82) is 0 Å². The molecule has 0 aliphatic rings. The summed E-state index contributed by atoms with van der Waals surface area (Å²) in [4.78, 5) is 24.1. The van der Waals surface area contributed by atoms with Crippen LogP contribution in [-0.2, 0) is 0 Å². The minimum Gasteiger partial charge on any atom is -0.308 e. The number of rotatable bonds is 3.